The zero-order valence-electron chi connectivity index (χ0n) is 5.76. The molecule has 3 N–H and O–H groups in total. The Bertz CT molecular complexity index is 121. The van der Waals surface area contributed by atoms with E-state index in [4.69, 9.17) is 5.11 Å². The first kappa shape index (κ1) is 7.34. The average molecular weight is 144 g/mol. The molecule has 1 fully saturated rings. The molecule has 0 saturated carbocycles. The van der Waals surface area contributed by atoms with E-state index in [1.54, 1.807) is 0 Å². The molecule has 10 heavy (non-hydrogen) atoms. The molecule has 0 bridgehead atoms. The van der Waals surface area contributed by atoms with Gasteiger partial charge in [-0.15, -0.1) is 0 Å². The lowest BCUT2D eigenvalue weighted by Gasteiger charge is -2.08. The molecule has 58 valence electrons. The van der Waals surface area contributed by atoms with Crippen LogP contribution in [0.2, 0.25) is 0 Å². The van der Waals surface area contributed by atoms with Crippen molar-refractivity contribution in [3.05, 3.63) is 0 Å². The number of rotatable bonds is 2. The molecule has 1 atom stereocenters. The van der Waals surface area contributed by atoms with E-state index in [0.717, 1.165) is 19.4 Å². The summed E-state index contributed by atoms with van der Waals surface area (Å²) in [5.74, 6) is 0. The molecular weight excluding hydrogens is 132 g/mol. The number of carboxylic acid groups (broad SMARTS) is 1. The van der Waals surface area contributed by atoms with Crippen molar-refractivity contribution < 1.29 is 9.90 Å². The minimum Gasteiger partial charge on any atom is -0.465 e. The second-order valence-corrected chi connectivity index (χ2v) is 2.48. The fourth-order valence-corrected chi connectivity index (χ4v) is 1.14. The van der Waals surface area contributed by atoms with Crippen LogP contribution in [0.15, 0.2) is 0 Å². The fraction of sp³-hybridized carbons (Fsp3) is 0.833. The molecule has 0 unspecified atom stereocenters. The summed E-state index contributed by atoms with van der Waals surface area (Å²) >= 11 is 0. The maximum absolute atomic E-state index is 10.0. The Kier molecular flexibility index (Phi) is 2.50. The smallest absolute Gasteiger partial charge is 0.404 e. The van der Waals surface area contributed by atoms with Crippen LogP contribution in [0.4, 0.5) is 4.79 Å². The van der Waals surface area contributed by atoms with Crippen molar-refractivity contribution in [2.75, 3.05) is 13.1 Å². The molecule has 1 rings (SSSR count). The lowest BCUT2D eigenvalue weighted by Crippen LogP contribution is -2.36. The zero-order chi connectivity index (χ0) is 7.40. The lowest BCUT2D eigenvalue weighted by atomic mass is 10.2. The highest BCUT2D eigenvalue weighted by Crippen LogP contribution is 2.02. The summed E-state index contributed by atoms with van der Waals surface area (Å²) in [5, 5.41) is 13.8. The van der Waals surface area contributed by atoms with Crippen molar-refractivity contribution >= 4 is 6.09 Å². The van der Waals surface area contributed by atoms with E-state index < -0.39 is 6.09 Å². The third-order valence-corrected chi connectivity index (χ3v) is 1.66. The lowest BCUT2D eigenvalue weighted by molar-refractivity contribution is 0.193. The fourth-order valence-electron chi connectivity index (χ4n) is 1.14. The Hall–Kier alpha value is -0.770. The van der Waals surface area contributed by atoms with E-state index in [-0.39, 0.29) is 0 Å². The topological polar surface area (TPSA) is 61.4 Å². The monoisotopic (exact) mass is 144 g/mol. The van der Waals surface area contributed by atoms with Gasteiger partial charge in [-0.25, -0.2) is 4.79 Å². The van der Waals surface area contributed by atoms with Crippen LogP contribution in [0.5, 0.6) is 0 Å². The summed E-state index contributed by atoms with van der Waals surface area (Å²) in [6, 6.07) is 0.357. The van der Waals surface area contributed by atoms with Crippen LogP contribution in [0, 0.1) is 0 Å². The highest BCUT2D eigenvalue weighted by atomic mass is 16.4. The van der Waals surface area contributed by atoms with E-state index in [1.165, 1.54) is 0 Å². The molecule has 0 radical (unpaired) electrons. The van der Waals surface area contributed by atoms with Gasteiger partial charge in [-0.3, -0.25) is 0 Å². The van der Waals surface area contributed by atoms with Gasteiger partial charge in [0.15, 0.2) is 0 Å². The van der Waals surface area contributed by atoms with Gasteiger partial charge in [-0.05, 0) is 19.4 Å². The summed E-state index contributed by atoms with van der Waals surface area (Å²) in [6.45, 7) is 1.56. The van der Waals surface area contributed by atoms with Crippen molar-refractivity contribution in [2.24, 2.45) is 0 Å². The molecule has 0 aromatic heterocycles. The first-order valence-corrected chi connectivity index (χ1v) is 3.49. The predicted octanol–water partition coefficient (Wildman–Crippen LogP) is 0.00600. The highest BCUT2D eigenvalue weighted by molar-refractivity contribution is 5.64. The predicted molar refractivity (Wildman–Crippen MR) is 37.1 cm³/mol. The maximum Gasteiger partial charge on any atom is 0.404 e. The van der Waals surface area contributed by atoms with E-state index >= 15 is 0 Å². The van der Waals surface area contributed by atoms with Crippen molar-refractivity contribution in [3.8, 4) is 0 Å². The maximum atomic E-state index is 10.0. The Morgan fingerprint density at radius 3 is 3.10 bits per heavy atom. The van der Waals surface area contributed by atoms with Gasteiger partial charge in [-0.1, -0.05) is 0 Å². The third kappa shape index (κ3) is 2.23. The van der Waals surface area contributed by atoms with Crippen LogP contribution in [-0.2, 0) is 0 Å². The second-order valence-electron chi connectivity index (χ2n) is 2.48. The molecule has 0 aliphatic carbocycles. The van der Waals surface area contributed by atoms with E-state index in [9.17, 15) is 4.79 Å². The van der Waals surface area contributed by atoms with Crippen LogP contribution in [0.25, 0.3) is 0 Å². The number of carbonyl (C=O) groups is 1. The van der Waals surface area contributed by atoms with Crippen LogP contribution < -0.4 is 10.6 Å². The summed E-state index contributed by atoms with van der Waals surface area (Å²) < 4.78 is 0. The van der Waals surface area contributed by atoms with Crippen molar-refractivity contribution in [1.82, 2.24) is 10.6 Å². The molecule has 4 nitrogen and oxygen atoms in total. The number of nitrogens with one attached hydrogen (secondary N) is 2. The van der Waals surface area contributed by atoms with Crippen LogP contribution >= 0.6 is 0 Å². The number of amides is 1. The minimum atomic E-state index is -0.936. The average Bonchev–Trinajstić information content (AvgIpc) is 2.34. The van der Waals surface area contributed by atoms with Crippen LogP contribution in [0.1, 0.15) is 12.8 Å². The Labute approximate surface area is 59.6 Å². The Morgan fingerprint density at radius 2 is 2.60 bits per heavy atom. The van der Waals surface area contributed by atoms with Crippen LogP contribution in [-0.4, -0.2) is 30.3 Å². The van der Waals surface area contributed by atoms with Crippen molar-refractivity contribution in [3.63, 3.8) is 0 Å². The highest BCUT2D eigenvalue weighted by Gasteiger charge is 2.13. The van der Waals surface area contributed by atoms with Gasteiger partial charge in [-0.2, -0.15) is 0 Å². The van der Waals surface area contributed by atoms with Crippen molar-refractivity contribution in [2.45, 2.75) is 18.9 Å². The minimum absolute atomic E-state index is 0.357. The van der Waals surface area contributed by atoms with Crippen molar-refractivity contribution in [1.29, 1.82) is 0 Å². The van der Waals surface area contributed by atoms with Gasteiger partial charge in [0.1, 0.15) is 0 Å². The van der Waals surface area contributed by atoms with Gasteiger partial charge in [0, 0.05) is 12.6 Å². The molecule has 1 saturated heterocycles. The summed E-state index contributed by atoms with van der Waals surface area (Å²) in [7, 11) is 0. The first-order chi connectivity index (χ1) is 4.79. The Balaban J connectivity index is 2.07. The molecule has 0 aromatic rings. The van der Waals surface area contributed by atoms with E-state index in [0.29, 0.717) is 12.6 Å². The molecule has 0 spiro atoms. The van der Waals surface area contributed by atoms with Gasteiger partial charge < -0.3 is 15.7 Å². The van der Waals surface area contributed by atoms with Gasteiger partial charge in [0.2, 0.25) is 0 Å². The first-order valence-electron chi connectivity index (χ1n) is 3.49. The third-order valence-electron chi connectivity index (χ3n) is 1.66. The van der Waals surface area contributed by atoms with Crippen LogP contribution in [0.3, 0.4) is 0 Å². The Morgan fingerprint density at radius 1 is 1.80 bits per heavy atom. The quantitative estimate of drug-likeness (QED) is 0.511. The molecule has 0 aromatic carbocycles. The number of hydrogen-bond acceptors (Lipinski definition) is 2. The van der Waals surface area contributed by atoms with E-state index in [2.05, 4.69) is 10.6 Å². The molecule has 1 heterocycles. The molecule has 1 aliphatic heterocycles. The van der Waals surface area contributed by atoms with E-state index in [1.807, 2.05) is 0 Å². The summed E-state index contributed by atoms with van der Waals surface area (Å²) in [4.78, 5) is 10.0. The second kappa shape index (κ2) is 3.41. The molecule has 4 heteroatoms. The van der Waals surface area contributed by atoms with Gasteiger partial charge >= 0.3 is 6.09 Å². The standard InChI is InChI=1S/C6H12N2O2/c9-6(10)8-4-5-2-1-3-7-5/h5,7-8H,1-4H2,(H,9,10)/t5-/m0/s1. The van der Waals surface area contributed by atoms with Gasteiger partial charge in [0.05, 0.1) is 0 Å². The van der Waals surface area contributed by atoms with Gasteiger partial charge in [0.25, 0.3) is 0 Å². The summed E-state index contributed by atoms with van der Waals surface area (Å²) in [5.41, 5.74) is 0. The molecule has 1 amide bonds. The normalized spacial score (nSPS) is 24.6. The zero-order valence-corrected chi connectivity index (χ0v) is 5.76. The summed E-state index contributed by atoms with van der Waals surface area (Å²) in [6.07, 6.45) is 1.31. The SMILES string of the molecule is O=C(O)NC[C@@H]1CCCN1. The molecule has 1 aliphatic rings. The molecular formula is C6H12N2O2. The number of hydrogen-bond donors (Lipinski definition) is 3. The largest absolute Gasteiger partial charge is 0.465 e.